The predicted octanol–water partition coefficient (Wildman–Crippen LogP) is 1.63. The minimum atomic E-state index is -3.39. The van der Waals surface area contributed by atoms with Crippen molar-refractivity contribution in [3.8, 4) is 0 Å². The van der Waals surface area contributed by atoms with E-state index in [4.69, 9.17) is 5.14 Å². The van der Waals surface area contributed by atoms with Crippen LogP contribution in [-0.2, 0) is 10.0 Å². The molecule has 3 nitrogen and oxygen atoms in total. The Morgan fingerprint density at radius 3 is 2.08 bits per heavy atom. The molecule has 0 spiro atoms. The Hall–Kier alpha value is -0.0900. The first-order chi connectivity index (χ1) is 5.37. The second kappa shape index (κ2) is 4.23. The number of hydrogen-bond donors (Lipinski definition) is 1. The fourth-order valence-electron chi connectivity index (χ4n) is 1.07. The van der Waals surface area contributed by atoms with Crippen LogP contribution in [0.1, 0.15) is 46.5 Å². The van der Waals surface area contributed by atoms with Crippen molar-refractivity contribution in [2.75, 3.05) is 0 Å². The topological polar surface area (TPSA) is 60.2 Å². The molecule has 4 heteroatoms. The Balaban J connectivity index is 4.47. The highest BCUT2D eigenvalue weighted by Gasteiger charge is 2.33. The zero-order valence-electron chi connectivity index (χ0n) is 8.13. The second-order valence-corrected chi connectivity index (χ2v) is 5.53. The largest absolute Gasteiger partial charge is 0.228 e. The van der Waals surface area contributed by atoms with Crippen molar-refractivity contribution in [1.29, 1.82) is 0 Å². The van der Waals surface area contributed by atoms with Gasteiger partial charge in [-0.3, -0.25) is 0 Å². The first-order valence-electron chi connectivity index (χ1n) is 4.39. The van der Waals surface area contributed by atoms with Gasteiger partial charge in [-0.2, -0.15) is 0 Å². The fourth-order valence-corrected chi connectivity index (χ4v) is 1.90. The Morgan fingerprint density at radius 1 is 1.33 bits per heavy atom. The molecule has 0 bridgehead atoms. The Morgan fingerprint density at radius 2 is 1.83 bits per heavy atom. The summed E-state index contributed by atoms with van der Waals surface area (Å²) in [6.45, 7) is 5.62. The van der Waals surface area contributed by atoms with Gasteiger partial charge in [-0.15, -0.1) is 0 Å². The fraction of sp³-hybridized carbons (Fsp3) is 1.00. The minimum Gasteiger partial charge on any atom is -0.228 e. The summed E-state index contributed by atoms with van der Waals surface area (Å²) in [7, 11) is -3.39. The normalized spacial score (nSPS) is 17.3. The molecule has 0 rings (SSSR count). The van der Waals surface area contributed by atoms with Crippen LogP contribution >= 0.6 is 0 Å². The van der Waals surface area contributed by atoms with Crippen molar-refractivity contribution in [2.45, 2.75) is 51.2 Å². The standard InChI is InChI=1S/C8H19NO2S/c1-4-6-7-8(3,5-2)12(9,10)11/h4-7H2,1-3H3,(H2,9,10,11). The molecule has 0 amide bonds. The van der Waals surface area contributed by atoms with Gasteiger partial charge < -0.3 is 0 Å². The van der Waals surface area contributed by atoms with Crippen LogP contribution in [0, 0.1) is 0 Å². The lowest BCUT2D eigenvalue weighted by atomic mass is 10.0. The molecule has 1 unspecified atom stereocenters. The smallest absolute Gasteiger partial charge is 0.214 e. The van der Waals surface area contributed by atoms with Crippen molar-refractivity contribution in [3.63, 3.8) is 0 Å². The molecule has 12 heavy (non-hydrogen) atoms. The maximum absolute atomic E-state index is 11.2. The van der Waals surface area contributed by atoms with Crippen molar-refractivity contribution < 1.29 is 8.42 Å². The highest BCUT2D eigenvalue weighted by molar-refractivity contribution is 7.90. The molecular formula is C8H19NO2S. The average Bonchev–Trinajstić information content (AvgIpc) is 1.98. The van der Waals surface area contributed by atoms with Crippen molar-refractivity contribution in [2.24, 2.45) is 5.14 Å². The lowest BCUT2D eigenvalue weighted by Crippen LogP contribution is -2.39. The summed E-state index contributed by atoms with van der Waals surface area (Å²) in [5, 5.41) is 5.14. The summed E-state index contributed by atoms with van der Waals surface area (Å²) >= 11 is 0. The summed E-state index contributed by atoms with van der Waals surface area (Å²) in [6, 6.07) is 0. The average molecular weight is 193 g/mol. The van der Waals surface area contributed by atoms with Gasteiger partial charge in [-0.25, -0.2) is 13.6 Å². The van der Waals surface area contributed by atoms with Crippen LogP contribution in [0.25, 0.3) is 0 Å². The summed E-state index contributed by atoms with van der Waals surface area (Å²) < 4.78 is 21.6. The van der Waals surface area contributed by atoms with E-state index in [-0.39, 0.29) is 0 Å². The van der Waals surface area contributed by atoms with E-state index in [0.717, 1.165) is 12.8 Å². The van der Waals surface area contributed by atoms with Gasteiger partial charge >= 0.3 is 0 Å². The third-order valence-electron chi connectivity index (χ3n) is 2.49. The quantitative estimate of drug-likeness (QED) is 0.721. The Bertz CT molecular complexity index is 223. The molecule has 0 heterocycles. The predicted molar refractivity (Wildman–Crippen MR) is 51.3 cm³/mol. The van der Waals surface area contributed by atoms with Gasteiger partial charge in [0.15, 0.2) is 0 Å². The summed E-state index contributed by atoms with van der Waals surface area (Å²) in [5.41, 5.74) is 0. The molecule has 0 saturated carbocycles. The zero-order chi connectivity index (χ0) is 9.83. The van der Waals surface area contributed by atoms with E-state index in [1.54, 1.807) is 6.92 Å². The van der Waals surface area contributed by atoms with E-state index in [1.165, 1.54) is 0 Å². The number of unbranched alkanes of at least 4 members (excludes halogenated alkanes) is 1. The lowest BCUT2D eigenvalue weighted by Gasteiger charge is -2.25. The van der Waals surface area contributed by atoms with Crippen LogP contribution in [0.15, 0.2) is 0 Å². The molecule has 0 radical (unpaired) electrons. The lowest BCUT2D eigenvalue weighted by molar-refractivity contribution is 0.479. The van der Waals surface area contributed by atoms with E-state index < -0.39 is 14.8 Å². The highest BCUT2D eigenvalue weighted by atomic mass is 32.2. The zero-order valence-corrected chi connectivity index (χ0v) is 8.95. The Labute approximate surface area is 75.4 Å². The highest BCUT2D eigenvalue weighted by Crippen LogP contribution is 2.25. The van der Waals surface area contributed by atoms with E-state index in [1.807, 2.05) is 13.8 Å². The first kappa shape index (κ1) is 11.9. The van der Waals surface area contributed by atoms with Gasteiger partial charge in [-0.05, 0) is 19.8 Å². The van der Waals surface area contributed by atoms with E-state index in [2.05, 4.69) is 0 Å². The molecule has 0 saturated heterocycles. The summed E-state index contributed by atoms with van der Waals surface area (Å²) in [6.07, 6.45) is 3.18. The van der Waals surface area contributed by atoms with Crippen LogP contribution in [0.3, 0.4) is 0 Å². The van der Waals surface area contributed by atoms with Crippen molar-refractivity contribution in [3.05, 3.63) is 0 Å². The van der Waals surface area contributed by atoms with Crippen LogP contribution in [-0.4, -0.2) is 13.2 Å². The number of nitrogens with two attached hydrogens (primary N) is 1. The van der Waals surface area contributed by atoms with Gasteiger partial charge in [0.25, 0.3) is 0 Å². The monoisotopic (exact) mass is 193 g/mol. The van der Waals surface area contributed by atoms with Gasteiger partial charge in [0, 0.05) is 0 Å². The molecule has 74 valence electrons. The summed E-state index contributed by atoms with van der Waals surface area (Å²) in [5.74, 6) is 0. The molecule has 1 atom stereocenters. The molecule has 0 aliphatic carbocycles. The van der Waals surface area contributed by atoms with Crippen LogP contribution in [0.5, 0.6) is 0 Å². The van der Waals surface area contributed by atoms with Gasteiger partial charge in [0.1, 0.15) is 0 Å². The first-order valence-corrected chi connectivity index (χ1v) is 5.94. The molecule has 0 aromatic rings. The summed E-state index contributed by atoms with van der Waals surface area (Å²) in [4.78, 5) is 0. The van der Waals surface area contributed by atoms with Crippen molar-refractivity contribution >= 4 is 10.0 Å². The minimum absolute atomic E-state index is 0.589. The van der Waals surface area contributed by atoms with Gasteiger partial charge in [-0.1, -0.05) is 26.7 Å². The number of rotatable bonds is 5. The Kier molecular flexibility index (Phi) is 4.20. The number of hydrogen-bond acceptors (Lipinski definition) is 2. The molecule has 2 N–H and O–H groups in total. The van der Waals surface area contributed by atoms with E-state index in [0.29, 0.717) is 12.8 Å². The van der Waals surface area contributed by atoms with Crippen LogP contribution in [0.2, 0.25) is 0 Å². The maximum atomic E-state index is 11.2. The number of primary sulfonamides is 1. The number of sulfonamides is 1. The van der Waals surface area contributed by atoms with Crippen LogP contribution < -0.4 is 5.14 Å². The molecule has 0 aromatic carbocycles. The van der Waals surface area contributed by atoms with Crippen molar-refractivity contribution in [1.82, 2.24) is 0 Å². The maximum Gasteiger partial charge on any atom is 0.214 e. The molecule has 0 aliphatic heterocycles. The second-order valence-electron chi connectivity index (χ2n) is 3.45. The van der Waals surface area contributed by atoms with E-state index in [9.17, 15) is 8.42 Å². The van der Waals surface area contributed by atoms with E-state index >= 15 is 0 Å². The van der Waals surface area contributed by atoms with Gasteiger partial charge in [0.2, 0.25) is 10.0 Å². The van der Waals surface area contributed by atoms with Crippen LogP contribution in [0.4, 0.5) is 0 Å². The van der Waals surface area contributed by atoms with Gasteiger partial charge in [0.05, 0.1) is 4.75 Å². The third kappa shape index (κ3) is 2.75. The third-order valence-corrected chi connectivity index (χ3v) is 4.36. The molecular weight excluding hydrogens is 174 g/mol. The molecule has 0 aliphatic rings. The SMILES string of the molecule is CCCCC(C)(CC)S(N)(=O)=O. The molecule has 0 fully saturated rings. The molecule has 0 aromatic heterocycles.